The fraction of sp³-hybridized carbons (Fsp3) is 0.250. The van der Waals surface area contributed by atoms with Gasteiger partial charge in [0.1, 0.15) is 0 Å². The maximum absolute atomic E-state index is 12.1. The van der Waals surface area contributed by atoms with Crippen molar-refractivity contribution < 1.29 is 4.79 Å². The zero-order chi connectivity index (χ0) is 14.5. The third kappa shape index (κ3) is 3.22. The predicted molar refractivity (Wildman–Crippen MR) is 80.4 cm³/mol. The van der Waals surface area contributed by atoms with Crippen LogP contribution in [0.1, 0.15) is 23.0 Å². The first-order valence-electron chi connectivity index (χ1n) is 6.66. The Balaban J connectivity index is 2.24. The summed E-state index contributed by atoms with van der Waals surface area (Å²) < 4.78 is 0. The molecule has 0 aliphatic rings. The molecule has 20 heavy (non-hydrogen) atoms. The van der Waals surface area contributed by atoms with E-state index in [1.807, 2.05) is 56.3 Å². The molecule has 0 fully saturated rings. The second-order valence-electron chi connectivity index (χ2n) is 4.81. The van der Waals surface area contributed by atoms with Gasteiger partial charge in [-0.3, -0.25) is 9.78 Å². The molecule has 0 aliphatic heterocycles. The number of nitrogens with one attached hydrogen (secondary N) is 1. The lowest BCUT2D eigenvalue weighted by molar-refractivity contribution is 0.0940. The summed E-state index contributed by atoms with van der Waals surface area (Å²) in [6.07, 6.45) is 0. The normalized spacial score (nSPS) is 11.9. The molecular formula is C16H19N3O. The fourth-order valence-corrected chi connectivity index (χ4v) is 1.93. The molecule has 1 atom stereocenters. The molecule has 104 valence electrons. The van der Waals surface area contributed by atoms with Crippen LogP contribution >= 0.6 is 0 Å². The van der Waals surface area contributed by atoms with Crippen molar-refractivity contribution in [3.63, 3.8) is 0 Å². The number of carbonyl (C=O) groups excluding carboxylic acids is 1. The Morgan fingerprint density at radius 2 is 1.95 bits per heavy atom. The highest BCUT2D eigenvalue weighted by Gasteiger charge is 2.13. The molecule has 3 N–H and O–H groups in total. The number of amides is 1. The highest BCUT2D eigenvalue weighted by atomic mass is 16.1. The lowest BCUT2D eigenvalue weighted by atomic mass is 10.1. The van der Waals surface area contributed by atoms with Crippen LogP contribution < -0.4 is 11.1 Å². The molecule has 1 aromatic carbocycles. The lowest BCUT2D eigenvalue weighted by Gasteiger charge is -2.13. The quantitative estimate of drug-likeness (QED) is 0.893. The topological polar surface area (TPSA) is 68.0 Å². The minimum atomic E-state index is -0.132. The van der Waals surface area contributed by atoms with Crippen LogP contribution in [0.25, 0.3) is 11.3 Å². The van der Waals surface area contributed by atoms with Crippen LogP contribution in [0.2, 0.25) is 0 Å². The van der Waals surface area contributed by atoms with Crippen LogP contribution in [0.15, 0.2) is 42.5 Å². The highest BCUT2D eigenvalue weighted by molar-refractivity contribution is 5.95. The first-order valence-corrected chi connectivity index (χ1v) is 6.66. The third-order valence-electron chi connectivity index (χ3n) is 3.13. The summed E-state index contributed by atoms with van der Waals surface area (Å²) >= 11 is 0. The average Bonchev–Trinajstić information content (AvgIpc) is 2.47. The van der Waals surface area contributed by atoms with Crippen molar-refractivity contribution >= 4 is 5.91 Å². The summed E-state index contributed by atoms with van der Waals surface area (Å²) in [7, 11) is 0. The number of rotatable bonds is 4. The zero-order valence-corrected chi connectivity index (χ0v) is 11.8. The molecule has 0 saturated carbocycles. The molecule has 0 saturated heterocycles. The number of aromatic nitrogens is 1. The summed E-state index contributed by atoms with van der Waals surface area (Å²) in [4.78, 5) is 16.6. The Labute approximate surface area is 119 Å². The van der Waals surface area contributed by atoms with Gasteiger partial charge in [-0.15, -0.1) is 0 Å². The van der Waals surface area contributed by atoms with E-state index in [0.29, 0.717) is 17.8 Å². The van der Waals surface area contributed by atoms with Gasteiger partial charge in [-0.1, -0.05) is 30.3 Å². The number of nitrogens with two attached hydrogens (primary N) is 1. The Hall–Kier alpha value is -2.20. The van der Waals surface area contributed by atoms with Crippen LogP contribution in [0.5, 0.6) is 0 Å². The SMILES string of the molecule is Cc1nc(-c2ccccc2)ccc1C(=O)N[C@@H](C)CN. The summed E-state index contributed by atoms with van der Waals surface area (Å²) in [6, 6.07) is 13.5. The highest BCUT2D eigenvalue weighted by Crippen LogP contribution is 2.18. The number of nitrogens with zero attached hydrogens (tertiary/aromatic N) is 1. The number of hydrogen-bond donors (Lipinski definition) is 2. The van der Waals surface area contributed by atoms with Crippen molar-refractivity contribution in [2.24, 2.45) is 5.73 Å². The van der Waals surface area contributed by atoms with Crippen LogP contribution in [0, 0.1) is 6.92 Å². The van der Waals surface area contributed by atoms with Crippen molar-refractivity contribution in [1.82, 2.24) is 10.3 Å². The van der Waals surface area contributed by atoms with Gasteiger partial charge >= 0.3 is 0 Å². The molecule has 0 radical (unpaired) electrons. The minimum absolute atomic E-state index is 0.0456. The largest absolute Gasteiger partial charge is 0.348 e. The van der Waals surface area contributed by atoms with Crippen molar-refractivity contribution in [2.75, 3.05) is 6.54 Å². The molecule has 1 amide bonds. The molecular weight excluding hydrogens is 250 g/mol. The molecule has 0 unspecified atom stereocenters. The number of pyridine rings is 1. The van der Waals surface area contributed by atoms with E-state index in [4.69, 9.17) is 5.73 Å². The van der Waals surface area contributed by atoms with Gasteiger partial charge in [0.2, 0.25) is 0 Å². The van der Waals surface area contributed by atoms with E-state index in [1.54, 1.807) is 0 Å². The van der Waals surface area contributed by atoms with Crippen molar-refractivity contribution in [2.45, 2.75) is 19.9 Å². The van der Waals surface area contributed by atoms with E-state index in [1.165, 1.54) is 0 Å². The zero-order valence-electron chi connectivity index (χ0n) is 11.8. The van der Waals surface area contributed by atoms with Gasteiger partial charge in [-0.2, -0.15) is 0 Å². The molecule has 4 heteroatoms. The van der Waals surface area contributed by atoms with Gasteiger partial charge in [-0.25, -0.2) is 0 Å². The second-order valence-corrected chi connectivity index (χ2v) is 4.81. The Morgan fingerprint density at radius 1 is 1.25 bits per heavy atom. The molecule has 4 nitrogen and oxygen atoms in total. The Morgan fingerprint density at radius 3 is 2.55 bits per heavy atom. The van der Waals surface area contributed by atoms with E-state index in [9.17, 15) is 4.79 Å². The first-order chi connectivity index (χ1) is 9.61. The van der Waals surface area contributed by atoms with E-state index in [-0.39, 0.29) is 11.9 Å². The third-order valence-corrected chi connectivity index (χ3v) is 3.13. The molecule has 2 rings (SSSR count). The van der Waals surface area contributed by atoms with Crippen molar-refractivity contribution in [1.29, 1.82) is 0 Å². The predicted octanol–water partition coefficient (Wildman–Crippen LogP) is 2.13. The Kier molecular flexibility index (Phi) is 4.48. The average molecular weight is 269 g/mol. The maximum atomic E-state index is 12.1. The molecule has 1 heterocycles. The van der Waals surface area contributed by atoms with Gasteiger partial charge < -0.3 is 11.1 Å². The van der Waals surface area contributed by atoms with E-state index in [0.717, 1.165) is 11.3 Å². The fourth-order valence-electron chi connectivity index (χ4n) is 1.93. The second kappa shape index (κ2) is 6.30. The monoisotopic (exact) mass is 269 g/mol. The first kappa shape index (κ1) is 14.2. The summed E-state index contributed by atoms with van der Waals surface area (Å²) in [5, 5.41) is 2.84. The van der Waals surface area contributed by atoms with E-state index in [2.05, 4.69) is 10.3 Å². The van der Waals surface area contributed by atoms with Gasteiger partial charge in [0.25, 0.3) is 5.91 Å². The molecule has 1 aromatic heterocycles. The number of hydrogen-bond acceptors (Lipinski definition) is 3. The van der Waals surface area contributed by atoms with E-state index < -0.39 is 0 Å². The summed E-state index contributed by atoms with van der Waals surface area (Å²) in [6.45, 7) is 4.13. The van der Waals surface area contributed by atoms with Crippen LogP contribution in [0.3, 0.4) is 0 Å². The summed E-state index contributed by atoms with van der Waals surface area (Å²) in [5.41, 5.74) is 8.72. The molecule has 0 spiro atoms. The summed E-state index contributed by atoms with van der Waals surface area (Å²) in [5.74, 6) is -0.132. The molecule has 0 bridgehead atoms. The maximum Gasteiger partial charge on any atom is 0.253 e. The minimum Gasteiger partial charge on any atom is -0.348 e. The van der Waals surface area contributed by atoms with Gasteiger partial charge in [0, 0.05) is 18.2 Å². The van der Waals surface area contributed by atoms with Gasteiger partial charge in [0.05, 0.1) is 17.0 Å². The van der Waals surface area contributed by atoms with Crippen LogP contribution in [-0.2, 0) is 0 Å². The Bertz CT molecular complexity index is 596. The smallest absolute Gasteiger partial charge is 0.253 e. The molecule has 2 aromatic rings. The van der Waals surface area contributed by atoms with Gasteiger partial charge in [-0.05, 0) is 26.0 Å². The van der Waals surface area contributed by atoms with Crippen LogP contribution in [0.4, 0.5) is 0 Å². The molecule has 0 aliphatic carbocycles. The number of aryl methyl sites for hydroxylation is 1. The lowest BCUT2D eigenvalue weighted by Crippen LogP contribution is -2.38. The van der Waals surface area contributed by atoms with E-state index >= 15 is 0 Å². The standard InChI is InChI=1S/C16H19N3O/c1-11(10-17)18-16(20)14-8-9-15(19-12(14)2)13-6-4-3-5-7-13/h3-9,11H,10,17H2,1-2H3,(H,18,20)/t11-/m0/s1. The number of carbonyl (C=O) groups is 1. The van der Waals surface area contributed by atoms with Crippen molar-refractivity contribution in [3.8, 4) is 11.3 Å². The number of benzene rings is 1. The van der Waals surface area contributed by atoms with Crippen molar-refractivity contribution in [3.05, 3.63) is 53.7 Å². The van der Waals surface area contributed by atoms with Crippen LogP contribution in [-0.4, -0.2) is 23.5 Å². The van der Waals surface area contributed by atoms with Gasteiger partial charge in [0.15, 0.2) is 0 Å².